The largest absolute Gasteiger partial charge is 0.492 e. The number of carbonyl (C=O) groups is 1. The van der Waals surface area contributed by atoms with Gasteiger partial charge in [0.1, 0.15) is 12.4 Å². The predicted octanol–water partition coefficient (Wildman–Crippen LogP) is 3.89. The van der Waals surface area contributed by atoms with E-state index in [2.05, 4.69) is 38.2 Å². The molecule has 0 aromatic heterocycles. The number of ether oxygens (including phenoxy) is 1. The maximum Gasteiger partial charge on any atom is 0.243 e. The third-order valence-electron chi connectivity index (χ3n) is 5.80. The van der Waals surface area contributed by atoms with Crippen molar-refractivity contribution >= 4 is 15.9 Å². The Morgan fingerprint density at radius 3 is 2.38 bits per heavy atom. The molecule has 1 aliphatic rings. The zero-order chi connectivity index (χ0) is 23.4. The first-order valence-corrected chi connectivity index (χ1v) is 12.6. The normalized spacial score (nSPS) is 17.7. The van der Waals surface area contributed by atoms with Crippen LogP contribution in [0.2, 0.25) is 0 Å². The Balaban J connectivity index is 1.48. The van der Waals surface area contributed by atoms with Crippen molar-refractivity contribution < 1.29 is 17.9 Å². The van der Waals surface area contributed by atoms with Crippen LogP contribution in [0, 0.1) is 12.8 Å². The third-order valence-corrected chi connectivity index (χ3v) is 7.68. The molecule has 0 bridgehead atoms. The van der Waals surface area contributed by atoms with Crippen LogP contribution < -0.4 is 10.1 Å². The van der Waals surface area contributed by atoms with Crippen LogP contribution in [-0.2, 0) is 20.2 Å². The fraction of sp³-hybridized carbons (Fsp3) is 0.480. The molecule has 0 radical (unpaired) electrons. The minimum absolute atomic E-state index is 0.0906. The molecule has 2 aromatic carbocycles. The lowest BCUT2D eigenvalue weighted by Gasteiger charge is -2.31. The Hall–Kier alpha value is -2.38. The van der Waals surface area contributed by atoms with Crippen molar-refractivity contribution in [1.82, 2.24) is 9.62 Å². The molecule has 0 spiro atoms. The highest BCUT2D eigenvalue weighted by molar-refractivity contribution is 7.89. The fourth-order valence-electron chi connectivity index (χ4n) is 3.77. The van der Waals surface area contributed by atoms with Gasteiger partial charge in [-0.15, -0.1) is 0 Å². The lowest BCUT2D eigenvalue weighted by molar-refractivity contribution is -0.126. The third kappa shape index (κ3) is 6.11. The molecular formula is C25H34N2O4S. The minimum Gasteiger partial charge on any atom is -0.492 e. The van der Waals surface area contributed by atoms with Crippen LogP contribution in [0.3, 0.4) is 0 Å². The number of sulfonamides is 1. The van der Waals surface area contributed by atoms with Crippen LogP contribution >= 0.6 is 0 Å². The van der Waals surface area contributed by atoms with Gasteiger partial charge in [-0.1, -0.05) is 50.6 Å². The number of amides is 1. The zero-order valence-corrected chi connectivity index (χ0v) is 20.2. The lowest BCUT2D eigenvalue weighted by atomic mass is 9.87. The van der Waals surface area contributed by atoms with Gasteiger partial charge in [-0.05, 0) is 55.0 Å². The molecule has 0 unspecified atom stereocenters. The molecule has 32 heavy (non-hydrogen) atoms. The van der Waals surface area contributed by atoms with Crippen LogP contribution in [0.15, 0.2) is 53.4 Å². The molecule has 1 fully saturated rings. The van der Waals surface area contributed by atoms with Gasteiger partial charge in [0.15, 0.2) is 0 Å². The van der Waals surface area contributed by atoms with Gasteiger partial charge < -0.3 is 10.1 Å². The van der Waals surface area contributed by atoms with E-state index in [0.29, 0.717) is 32.5 Å². The topological polar surface area (TPSA) is 75.7 Å². The smallest absolute Gasteiger partial charge is 0.243 e. The molecule has 1 aliphatic heterocycles. The fourth-order valence-corrected chi connectivity index (χ4v) is 5.30. The van der Waals surface area contributed by atoms with Gasteiger partial charge in [0, 0.05) is 13.1 Å². The Kier molecular flexibility index (Phi) is 7.62. The standard InChI is InChI=1S/C25H34N2O4S/c1-19-7-13-23(14-8-19)32(29,30)27-16-5-6-20(18-27)24(28)26-15-17-31-22-11-9-21(10-12-22)25(2,3)4/h7-14,20H,5-6,15-18H2,1-4H3,(H,26,28)/t20-/m0/s1. The molecule has 1 heterocycles. The first-order chi connectivity index (χ1) is 15.1. The van der Waals surface area contributed by atoms with Gasteiger partial charge in [0.2, 0.25) is 15.9 Å². The number of carbonyl (C=O) groups excluding carboxylic acids is 1. The van der Waals surface area contributed by atoms with E-state index in [9.17, 15) is 13.2 Å². The molecule has 1 amide bonds. The SMILES string of the molecule is Cc1ccc(S(=O)(=O)N2CCC[C@H](C(=O)NCCOc3ccc(C(C)(C)C)cc3)C2)cc1. The molecule has 1 N–H and O–H groups in total. The van der Waals surface area contributed by atoms with Gasteiger partial charge in [-0.25, -0.2) is 8.42 Å². The van der Waals surface area contributed by atoms with Crippen molar-refractivity contribution in [2.45, 2.75) is 50.8 Å². The molecule has 7 heteroatoms. The maximum atomic E-state index is 12.9. The second-order valence-electron chi connectivity index (χ2n) is 9.43. The number of piperidine rings is 1. The first kappa shape index (κ1) is 24.3. The summed E-state index contributed by atoms with van der Waals surface area (Å²) in [4.78, 5) is 12.9. The summed E-state index contributed by atoms with van der Waals surface area (Å²) >= 11 is 0. The van der Waals surface area contributed by atoms with Crippen LogP contribution in [0.1, 0.15) is 44.7 Å². The van der Waals surface area contributed by atoms with Crippen molar-refractivity contribution in [2.24, 2.45) is 5.92 Å². The Morgan fingerprint density at radius 1 is 1.09 bits per heavy atom. The monoisotopic (exact) mass is 458 g/mol. The summed E-state index contributed by atoms with van der Waals surface area (Å²) in [5, 5.41) is 2.89. The molecule has 174 valence electrons. The van der Waals surface area contributed by atoms with Gasteiger partial charge in [-0.2, -0.15) is 4.31 Å². The van der Waals surface area contributed by atoms with Crippen LogP contribution in [-0.4, -0.2) is 44.9 Å². The van der Waals surface area contributed by atoms with Gasteiger partial charge in [0.25, 0.3) is 0 Å². The average Bonchev–Trinajstić information content (AvgIpc) is 2.76. The Morgan fingerprint density at radius 2 is 1.75 bits per heavy atom. The van der Waals surface area contributed by atoms with E-state index < -0.39 is 10.0 Å². The van der Waals surface area contributed by atoms with E-state index in [1.54, 1.807) is 24.3 Å². The summed E-state index contributed by atoms with van der Waals surface area (Å²) in [6.07, 6.45) is 1.35. The quantitative estimate of drug-likeness (QED) is 0.639. The van der Waals surface area contributed by atoms with E-state index in [4.69, 9.17) is 4.74 Å². The number of nitrogens with one attached hydrogen (secondary N) is 1. The Labute approximate surface area is 192 Å². The number of hydrogen-bond donors (Lipinski definition) is 1. The molecule has 0 aliphatic carbocycles. The number of nitrogens with zero attached hydrogens (tertiary/aromatic N) is 1. The lowest BCUT2D eigenvalue weighted by Crippen LogP contribution is -2.45. The van der Waals surface area contributed by atoms with E-state index in [1.807, 2.05) is 19.1 Å². The predicted molar refractivity (Wildman–Crippen MR) is 126 cm³/mol. The van der Waals surface area contributed by atoms with Crippen LogP contribution in [0.5, 0.6) is 5.75 Å². The van der Waals surface area contributed by atoms with Gasteiger partial charge >= 0.3 is 0 Å². The molecule has 3 rings (SSSR count). The maximum absolute atomic E-state index is 12.9. The second-order valence-corrected chi connectivity index (χ2v) is 11.4. The molecular weight excluding hydrogens is 424 g/mol. The van der Waals surface area contributed by atoms with E-state index in [-0.39, 0.29) is 28.7 Å². The summed E-state index contributed by atoms with van der Waals surface area (Å²) in [5.41, 5.74) is 2.33. The van der Waals surface area contributed by atoms with Crippen LogP contribution in [0.25, 0.3) is 0 Å². The summed E-state index contributed by atoms with van der Waals surface area (Å²) in [6, 6.07) is 14.8. The van der Waals surface area contributed by atoms with Crippen molar-refractivity contribution in [3.63, 3.8) is 0 Å². The van der Waals surface area contributed by atoms with Crippen LogP contribution in [0.4, 0.5) is 0 Å². The summed E-state index contributed by atoms with van der Waals surface area (Å²) in [5.74, 6) is 0.288. The summed E-state index contributed by atoms with van der Waals surface area (Å²) in [7, 11) is -3.59. The number of rotatable bonds is 7. The highest BCUT2D eigenvalue weighted by Gasteiger charge is 2.33. The number of hydrogen-bond acceptors (Lipinski definition) is 4. The van der Waals surface area contributed by atoms with E-state index in [1.165, 1.54) is 9.87 Å². The summed E-state index contributed by atoms with van der Waals surface area (Å²) < 4.78 is 33.1. The zero-order valence-electron chi connectivity index (χ0n) is 19.4. The number of benzene rings is 2. The van der Waals surface area contributed by atoms with Gasteiger partial charge in [-0.3, -0.25) is 4.79 Å². The second kappa shape index (κ2) is 10.0. The molecule has 1 atom stereocenters. The van der Waals surface area contributed by atoms with Crippen molar-refractivity contribution in [3.8, 4) is 5.75 Å². The first-order valence-electron chi connectivity index (χ1n) is 11.2. The van der Waals surface area contributed by atoms with Crippen molar-refractivity contribution in [1.29, 1.82) is 0 Å². The Bertz CT molecular complexity index is 1010. The summed E-state index contributed by atoms with van der Waals surface area (Å²) in [6.45, 7) is 9.79. The van der Waals surface area contributed by atoms with E-state index >= 15 is 0 Å². The molecule has 1 saturated heterocycles. The average molecular weight is 459 g/mol. The molecule has 6 nitrogen and oxygen atoms in total. The van der Waals surface area contributed by atoms with E-state index in [0.717, 1.165) is 11.3 Å². The van der Waals surface area contributed by atoms with Gasteiger partial charge in [0.05, 0.1) is 17.4 Å². The number of aryl methyl sites for hydroxylation is 1. The highest BCUT2D eigenvalue weighted by atomic mass is 32.2. The minimum atomic E-state index is -3.59. The highest BCUT2D eigenvalue weighted by Crippen LogP contribution is 2.25. The molecule has 0 saturated carbocycles. The van der Waals surface area contributed by atoms with Crippen molar-refractivity contribution in [2.75, 3.05) is 26.2 Å². The molecule has 2 aromatic rings. The van der Waals surface area contributed by atoms with Crippen molar-refractivity contribution in [3.05, 3.63) is 59.7 Å².